The summed E-state index contributed by atoms with van der Waals surface area (Å²) in [6.45, 7) is 0. The number of nitrogens with one attached hydrogen (secondary N) is 1. The van der Waals surface area contributed by atoms with Crippen LogP contribution < -0.4 is 0 Å². The summed E-state index contributed by atoms with van der Waals surface area (Å²) >= 11 is 1.60. The fraction of sp³-hybridized carbons (Fsp3) is 0.0417. The van der Waals surface area contributed by atoms with Gasteiger partial charge in [0.25, 0.3) is 0 Å². The summed E-state index contributed by atoms with van der Waals surface area (Å²) in [6.07, 6.45) is 11.0. The Morgan fingerprint density at radius 1 is 1.07 bits per heavy atom. The van der Waals surface area contributed by atoms with Gasteiger partial charge in [0, 0.05) is 52.2 Å². The number of aromatic amines is 1. The minimum Gasteiger partial charge on any atom is -0.377 e. The molecule has 1 aromatic carbocycles. The zero-order chi connectivity index (χ0) is 20.1. The van der Waals surface area contributed by atoms with Crippen LogP contribution in [0, 0.1) is 0 Å². The Morgan fingerprint density at radius 2 is 2.03 bits per heavy atom. The number of fused-ring (bicyclic) bond motifs is 2. The van der Waals surface area contributed by atoms with Crippen molar-refractivity contribution in [2.45, 2.75) is 5.60 Å². The van der Waals surface area contributed by atoms with Crippen LogP contribution in [0.5, 0.6) is 0 Å². The van der Waals surface area contributed by atoms with Crippen LogP contribution in [0.15, 0.2) is 78.7 Å². The summed E-state index contributed by atoms with van der Waals surface area (Å²) < 4.78 is 0. The fourth-order valence-electron chi connectivity index (χ4n) is 4.00. The predicted octanol–water partition coefficient (Wildman–Crippen LogP) is 5.01. The predicted molar refractivity (Wildman–Crippen MR) is 119 cm³/mol. The second-order valence-corrected chi connectivity index (χ2v) is 8.14. The molecular weight excluding hydrogens is 392 g/mol. The fourth-order valence-corrected chi connectivity index (χ4v) is 4.86. The average molecular weight is 408 g/mol. The highest BCUT2D eigenvalue weighted by atomic mass is 32.1. The molecule has 6 heteroatoms. The smallest absolute Gasteiger partial charge is 0.137 e. The minimum atomic E-state index is -1.18. The molecule has 1 aliphatic carbocycles. The van der Waals surface area contributed by atoms with Crippen LogP contribution in [-0.2, 0) is 5.60 Å². The van der Waals surface area contributed by atoms with E-state index in [1.54, 1.807) is 29.9 Å². The normalized spacial score (nSPS) is 17.5. The summed E-state index contributed by atoms with van der Waals surface area (Å²) in [5.41, 5.74) is 5.15. The van der Waals surface area contributed by atoms with Gasteiger partial charge in [0.2, 0.25) is 0 Å². The summed E-state index contributed by atoms with van der Waals surface area (Å²) in [5, 5.41) is 15.4. The number of hydrogen-bond donors (Lipinski definition) is 2. The van der Waals surface area contributed by atoms with Gasteiger partial charge in [-0.2, -0.15) is 0 Å². The third-order valence-corrected chi connectivity index (χ3v) is 6.43. The lowest BCUT2D eigenvalue weighted by Crippen LogP contribution is -2.22. The van der Waals surface area contributed by atoms with Crippen molar-refractivity contribution in [1.29, 1.82) is 0 Å². The number of rotatable bonds is 3. The highest BCUT2D eigenvalue weighted by molar-refractivity contribution is 7.13. The van der Waals surface area contributed by atoms with Gasteiger partial charge in [0.15, 0.2) is 0 Å². The Hall–Kier alpha value is -3.61. The Labute approximate surface area is 176 Å². The van der Waals surface area contributed by atoms with Gasteiger partial charge in [-0.25, -0.2) is 9.97 Å². The van der Waals surface area contributed by atoms with E-state index in [0.29, 0.717) is 0 Å². The summed E-state index contributed by atoms with van der Waals surface area (Å²) in [7, 11) is 0. The summed E-state index contributed by atoms with van der Waals surface area (Å²) in [6, 6.07) is 13.8. The molecule has 1 atom stereocenters. The number of pyridine rings is 2. The lowest BCUT2D eigenvalue weighted by molar-refractivity contribution is 0.138. The molecule has 0 bridgehead atoms. The maximum absolute atomic E-state index is 11.4. The molecule has 2 N–H and O–H groups in total. The van der Waals surface area contributed by atoms with E-state index in [1.807, 2.05) is 66.2 Å². The molecule has 4 heterocycles. The van der Waals surface area contributed by atoms with Crippen LogP contribution in [0.1, 0.15) is 16.7 Å². The number of nitrogens with zero attached hydrogens (tertiary/aromatic N) is 3. The van der Waals surface area contributed by atoms with Gasteiger partial charge in [0.1, 0.15) is 16.3 Å². The van der Waals surface area contributed by atoms with E-state index in [-0.39, 0.29) is 0 Å². The van der Waals surface area contributed by atoms with E-state index >= 15 is 0 Å². The van der Waals surface area contributed by atoms with E-state index in [2.05, 4.69) is 15.0 Å². The first-order valence-electron chi connectivity index (χ1n) is 9.57. The van der Waals surface area contributed by atoms with E-state index < -0.39 is 5.60 Å². The lowest BCUT2D eigenvalue weighted by Gasteiger charge is -2.23. The number of aromatic nitrogens is 4. The van der Waals surface area contributed by atoms with Crippen molar-refractivity contribution in [3.05, 3.63) is 95.4 Å². The van der Waals surface area contributed by atoms with E-state index in [0.717, 1.165) is 49.6 Å². The molecule has 1 aliphatic rings. The molecule has 5 aromatic rings. The van der Waals surface area contributed by atoms with Crippen molar-refractivity contribution in [2.75, 3.05) is 0 Å². The molecule has 0 amide bonds. The van der Waals surface area contributed by atoms with Crippen molar-refractivity contribution in [1.82, 2.24) is 19.9 Å². The van der Waals surface area contributed by atoms with Crippen LogP contribution in [0.25, 0.3) is 38.9 Å². The maximum atomic E-state index is 11.4. The zero-order valence-electron chi connectivity index (χ0n) is 15.8. The van der Waals surface area contributed by atoms with Crippen LogP contribution in [0.2, 0.25) is 0 Å². The molecule has 0 radical (unpaired) electrons. The minimum absolute atomic E-state index is 0.799. The second kappa shape index (κ2) is 6.45. The van der Waals surface area contributed by atoms with Gasteiger partial charge in [0.05, 0.1) is 5.69 Å². The van der Waals surface area contributed by atoms with Crippen LogP contribution in [0.3, 0.4) is 0 Å². The molecule has 0 aliphatic heterocycles. The molecule has 0 spiro atoms. The molecule has 0 fully saturated rings. The molecular formula is C24H16N4OS. The second-order valence-electron chi connectivity index (χ2n) is 7.28. The highest BCUT2D eigenvalue weighted by Crippen LogP contribution is 2.40. The van der Waals surface area contributed by atoms with Gasteiger partial charge < -0.3 is 10.1 Å². The molecule has 30 heavy (non-hydrogen) atoms. The number of aliphatic hydroxyl groups is 1. The number of benzene rings is 1. The van der Waals surface area contributed by atoms with Gasteiger partial charge >= 0.3 is 0 Å². The molecule has 0 saturated carbocycles. The first-order valence-corrected chi connectivity index (χ1v) is 10.5. The van der Waals surface area contributed by atoms with Crippen LogP contribution in [-0.4, -0.2) is 25.0 Å². The van der Waals surface area contributed by atoms with Gasteiger partial charge in [-0.3, -0.25) is 4.98 Å². The first-order chi connectivity index (χ1) is 14.7. The average Bonchev–Trinajstić information content (AvgIpc) is 3.52. The highest BCUT2D eigenvalue weighted by Gasteiger charge is 2.34. The van der Waals surface area contributed by atoms with Crippen LogP contribution >= 0.6 is 11.3 Å². The third-order valence-electron chi connectivity index (χ3n) is 5.55. The molecule has 4 aromatic heterocycles. The summed E-state index contributed by atoms with van der Waals surface area (Å²) in [4.78, 5) is 16.6. The van der Waals surface area contributed by atoms with E-state index in [9.17, 15) is 5.11 Å². The zero-order valence-corrected chi connectivity index (χ0v) is 16.6. The Morgan fingerprint density at radius 3 is 3.00 bits per heavy atom. The SMILES string of the molecule is O[C@@]1(c2cccc(-c3csc(-c4c[nH]c5ncccc45)n3)c2)C=Cc2ccncc21. The van der Waals surface area contributed by atoms with E-state index in [1.165, 1.54) is 0 Å². The largest absolute Gasteiger partial charge is 0.377 e. The lowest BCUT2D eigenvalue weighted by atomic mass is 9.88. The van der Waals surface area contributed by atoms with Crippen molar-refractivity contribution < 1.29 is 5.11 Å². The molecule has 0 saturated heterocycles. The maximum Gasteiger partial charge on any atom is 0.137 e. The van der Waals surface area contributed by atoms with Gasteiger partial charge in [-0.1, -0.05) is 24.3 Å². The van der Waals surface area contributed by atoms with Crippen molar-refractivity contribution in [3.63, 3.8) is 0 Å². The molecule has 5 nitrogen and oxygen atoms in total. The van der Waals surface area contributed by atoms with Gasteiger partial charge in [-0.15, -0.1) is 11.3 Å². The van der Waals surface area contributed by atoms with Crippen molar-refractivity contribution >= 4 is 28.4 Å². The molecule has 6 rings (SSSR count). The molecule has 144 valence electrons. The Balaban J connectivity index is 1.40. The third kappa shape index (κ3) is 2.55. The Kier molecular flexibility index (Phi) is 3.71. The number of H-pyrrole nitrogens is 1. The monoisotopic (exact) mass is 408 g/mol. The first kappa shape index (κ1) is 17.3. The van der Waals surface area contributed by atoms with Crippen molar-refractivity contribution in [2.24, 2.45) is 0 Å². The Bertz CT molecular complexity index is 1430. The number of thiazole rings is 1. The topological polar surface area (TPSA) is 74.7 Å². The summed E-state index contributed by atoms with van der Waals surface area (Å²) in [5.74, 6) is 0. The van der Waals surface area contributed by atoms with Gasteiger partial charge in [-0.05, 0) is 41.5 Å². The molecule has 0 unspecified atom stereocenters. The quantitative estimate of drug-likeness (QED) is 0.440. The van der Waals surface area contributed by atoms with Crippen molar-refractivity contribution in [3.8, 4) is 21.8 Å². The standard InChI is InChI=1S/C24H16N4OS/c29-24(8-6-15-7-10-25-13-20(15)24)17-4-1-3-16(11-17)21-14-30-23(28-21)19-12-27-22-18(19)5-2-9-26-22/h1-14,29H,(H,26,27)/t24-/m1/s1. The van der Waals surface area contributed by atoms with Crippen LogP contribution in [0.4, 0.5) is 0 Å². The van der Waals surface area contributed by atoms with E-state index in [4.69, 9.17) is 4.98 Å². The number of hydrogen-bond acceptors (Lipinski definition) is 5.